The summed E-state index contributed by atoms with van der Waals surface area (Å²) < 4.78 is 6.09. The number of hydrogen-bond acceptors (Lipinski definition) is 7. The zero-order valence-electron chi connectivity index (χ0n) is 19.5. The van der Waals surface area contributed by atoms with Crippen molar-refractivity contribution in [2.45, 2.75) is 19.1 Å². The van der Waals surface area contributed by atoms with E-state index in [1.165, 1.54) is 11.3 Å². The maximum Gasteiger partial charge on any atom is 0.265 e. The minimum atomic E-state index is -0.335. The van der Waals surface area contributed by atoms with Crippen LogP contribution in [-0.4, -0.2) is 35.5 Å². The molecular formula is C26H25Cl2N5O2S. The van der Waals surface area contributed by atoms with Crippen LogP contribution in [0.15, 0.2) is 66.9 Å². The van der Waals surface area contributed by atoms with E-state index in [4.69, 9.17) is 33.7 Å². The lowest BCUT2D eigenvalue weighted by Gasteiger charge is -2.18. The molecule has 7 nitrogen and oxygen atoms in total. The van der Waals surface area contributed by atoms with Crippen LogP contribution in [0.25, 0.3) is 10.6 Å². The molecule has 0 saturated carbocycles. The second-order valence-electron chi connectivity index (χ2n) is 7.94. The van der Waals surface area contributed by atoms with Gasteiger partial charge in [-0.3, -0.25) is 4.79 Å². The fourth-order valence-electron chi connectivity index (χ4n) is 3.51. The molecule has 0 fully saturated rings. The fourth-order valence-corrected chi connectivity index (χ4v) is 4.97. The van der Waals surface area contributed by atoms with Gasteiger partial charge in [-0.1, -0.05) is 59.6 Å². The minimum Gasteiger partial charge on any atom is -0.487 e. The number of ether oxygens (including phenoxy) is 1. The third-order valence-corrected chi connectivity index (χ3v) is 7.10. The predicted octanol–water partition coefficient (Wildman–Crippen LogP) is 5.43. The van der Waals surface area contributed by atoms with E-state index in [0.29, 0.717) is 45.3 Å². The first-order valence-electron chi connectivity index (χ1n) is 11.2. The molecule has 2 aromatic carbocycles. The highest BCUT2D eigenvalue weighted by atomic mass is 35.5. The van der Waals surface area contributed by atoms with Crippen LogP contribution in [0.3, 0.4) is 0 Å². The molecule has 0 aliphatic carbocycles. The first kappa shape index (κ1) is 25.9. The Labute approximate surface area is 223 Å². The van der Waals surface area contributed by atoms with Gasteiger partial charge in [-0.25, -0.2) is 9.97 Å². The highest BCUT2D eigenvalue weighted by molar-refractivity contribution is 7.17. The van der Waals surface area contributed by atoms with E-state index in [0.717, 1.165) is 16.0 Å². The van der Waals surface area contributed by atoms with Crippen molar-refractivity contribution in [1.82, 2.24) is 15.3 Å². The number of benzene rings is 2. The van der Waals surface area contributed by atoms with Crippen molar-refractivity contribution >= 4 is 46.4 Å². The molecule has 4 rings (SSSR count). The van der Waals surface area contributed by atoms with Gasteiger partial charge < -0.3 is 21.1 Å². The summed E-state index contributed by atoms with van der Waals surface area (Å²) in [6.45, 7) is 0.560. The number of amides is 1. The molecule has 36 heavy (non-hydrogen) atoms. The Kier molecular flexibility index (Phi) is 8.77. The largest absolute Gasteiger partial charge is 0.487 e. The van der Waals surface area contributed by atoms with Gasteiger partial charge in [-0.15, -0.1) is 11.3 Å². The molecule has 0 unspecified atom stereocenters. The summed E-state index contributed by atoms with van der Waals surface area (Å²) >= 11 is 13.6. The molecule has 4 N–H and O–H groups in total. The van der Waals surface area contributed by atoms with Crippen LogP contribution in [0, 0.1) is 0 Å². The Hall–Kier alpha value is -3.17. The number of aromatic nitrogens is 2. The van der Waals surface area contributed by atoms with Gasteiger partial charge in [-0.2, -0.15) is 0 Å². The van der Waals surface area contributed by atoms with E-state index in [-0.39, 0.29) is 18.5 Å². The van der Waals surface area contributed by atoms with Crippen LogP contribution in [0.1, 0.15) is 20.8 Å². The summed E-state index contributed by atoms with van der Waals surface area (Å²) in [5.74, 6) is 0.681. The van der Waals surface area contributed by atoms with Crippen molar-refractivity contribution in [3.05, 3.63) is 92.9 Å². The number of hydrogen-bond donors (Lipinski definition) is 3. The van der Waals surface area contributed by atoms with Crippen molar-refractivity contribution in [3.63, 3.8) is 0 Å². The van der Waals surface area contributed by atoms with Crippen LogP contribution < -0.4 is 21.1 Å². The second-order valence-corrected chi connectivity index (χ2v) is 9.84. The maximum atomic E-state index is 13.4. The summed E-state index contributed by atoms with van der Waals surface area (Å²) in [4.78, 5) is 23.3. The van der Waals surface area contributed by atoms with Crippen LogP contribution in [-0.2, 0) is 13.0 Å². The fraction of sp³-hybridized carbons (Fsp3) is 0.192. The molecule has 186 valence electrons. The number of carbonyl (C=O) groups is 1. The number of thiophene rings is 1. The van der Waals surface area contributed by atoms with Gasteiger partial charge in [0.25, 0.3) is 5.91 Å². The molecule has 0 aliphatic rings. The van der Waals surface area contributed by atoms with E-state index in [9.17, 15) is 4.79 Å². The third-order valence-electron chi connectivity index (χ3n) is 5.37. The number of anilines is 1. The number of rotatable bonds is 10. The van der Waals surface area contributed by atoms with E-state index in [2.05, 4.69) is 20.6 Å². The molecule has 0 radical (unpaired) electrons. The summed E-state index contributed by atoms with van der Waals surface area (Å²) in [6, 6.07) is 18.3. The molecular weight excluding hydrogens is 517 g/mol. The number of nitrogens with two attached hydrogens (primary N) is 1. The standard InChI is InChI=1S/C26H25Cl2N5O2S/c1-30-26-31-10-9-21(33-26)23-13-22(35-15-16-5-3-2-4-6-16)24(36-23)25(34)32-19(14-29)11-17-7-8-18(27)12-20(17)28/h2-10,12-13,19H,11,14-15,29H2,1H3,(H,32,34)(H,30,31,33)/t19-/m0/s1. The van der Waals surface area contributed by atoms with Crippen molar-refractivity contribution in [2.75, 3.05) is 18.9 Å². The quantitative estimate of drug-likeness (QED) is 0.247. The molecule has 2 aromatic heterocycles. The lowest BCUT2D eigenvalue weighted by molar-refractivity contribution is 0.0938. The molecule has 2 heterocycles. The first-order chi connectivity index (χ1) is 17.5. The summed E-state index contributed by atoms with van der Waals surface area (Å²) in [6.07, 6.45) is 2.13. The maximum absolute atomic E-state index is 13.4. The van der Waals surface area contributed by atoms with Gasteiger partial charge in [0.15, 0.2) is 0 Å². The number of carbonyl (C=O) groups excluding carboxylic acids is 1. The SMILES string of the molecule is CNc1nccc(-c2cc(OCc3ccccc3)c(C(=O)N[C@H](CN)Cc3ccc(Cl)cc3Cl)s2)n1. The van der Waals surface area contributed by atoms with Gasteiger partial charge in [0.2, 0.25) is 5.95 Å². The van der Waals surface area contributed by atoms with E-state index >= 15 is 0 Å². The molecule has 1 amide bonds. The second kappa shape index (κ2) is 12.2. The Bertz CT molecular complexity index is 1330. The van der Waals surface area contributed by atoms with Crippen molar-refractivity contribution in [2.24, 2.45) is 5.73 Å². The molecule has 0 saturated heterocycles. The monoisotopic (exact) mass is 541 g/mol. The first-order valence-corrected chi connectivity index (χ1v) is 12.8. The lowest BCUT2D eigenvalue weighted by atomic mass is 10.1. The Morgan fingerprint density at radius 2 is 1.94 bits per heavy atom. The average molecular weight is 542 g/mol. The zero-order valence-corrected chi connectivity index (χ0v) is 21.8. The summed E-state index contributed by atoms with van der Waals surface area (Å²) in [5, 5.41) is 7.04. The predicted molar refractivity (Wildman–Crippen MR) is 146 cm³/mol. The third kappa shape index (κ3) is 6.53. The summed E-state index contributed by atoms with van der Waals surface area (Å²) in [7, 11) is 1.75. The van der Waals surface area contributed by atoms with Crippen LogP contribution in [0.2, 0.25) is 10.0 Å². The van der Waals surface area contributed by atoms with Gasteiger partial charge in [0, 0.05) is 41.9 Å². The molecule has 0 bridgehead atoms. The highest BCUT2D eigenvalue weighted by Gasteiger charge is 2.22. The van der Waals surface area contributed by atoms with Crippen LogP contribution >= 0.6 is 34.5 Å². The van der Waals surface area contributed by atoms with Crippen molar-refractivity contribution in [3.8, 4) is 16.3 Å². The Morgan fingerprint density at radius 1 is 1.14 bits per heavy atom. The molecule has 4 aromatic rings. The molecule has 0 aliphatic heterocycles. The van der Waals surface area contributed by atoms with E-state index in [1.54, 1.807) is 31.4 Å². The molecule has 1 atom stereocenters. The Morgan fingerprint density at radius 3 is 2.67 bits per heavy atom. The number of nitrogens with one attached hydrogen (secondary N) is 2. The summed E-state index contributed by atoms with van der Waals surface area (Å²) in [5.41, 5.74) is 8.52. The molecule has 0 spiro atoms. The van der Waals surface area contributed by atoms with E-state index < -0.39 is 0 Å². The van der Waals surface area contributed by atoms with Crippen molar-refractivity contribution in [1.29, 1.82) is 0 Å². The van der Waals surface area contributed by atoms with Crippen molar-refractivity contribution < 1.29 is 9.53 Å². The van der Waals surface area contributed by atoms with E-state index in [1.807, 2.05) is 42.5 Å². The van der Waals surface area contributed by atoms with Gasteiger partial charge in [0.1, 0.15) is 17.2 Å². The minimum absolute atomic E-state index is 0.237. The number of nitrogens with zero attached hydrogens (tertiary/aromatic N) is 2. The highest BCUT2D eigenvalue weighted by Crippen LogP contribution is 2.36. The number of halogens is 2. The Balaban J connectivity index is 1.59. The molecule has 10 heteroatoms. The lowest BCUT2D eigenvalue weighted by Crippen LogP contribution is -2.41. The zero-order chi connectivity index (χ0) is 25.5. The van der Waals surface area contributed by atoms with Crippen LogP contribution in [0.5, 0.6) is 5.75 Å². The van der Waals surface area contributed by atoms with Crippen LogP contribution in [0.4, 0.5) is 5.95 Å². The topological polar surface area (TPSA) is 102 Å². The average Bonchev–Trinajstić information content (AvgIpc) is 3.33. The van der Waals surface area contributed by atoms with Gasteiger partial charge >= 0.3 is 0 Å². The van der Waals surface area contributed by atoms with Gasteiger partial charge in [0.05, 0.1) is 10.6 Å². The van der Waals surface area contributed by atoms with Gasteiger partial charge in [-0.05, 0) is 35.7 Å². The normalized spacial score (nSPS) is 11.7. The smallest absolute Gasteiger partial charge is 0.265 e.